The summed E-state index contributed by atoms with van der Waals surface area (Å²) in [5.41, 5.74) is 8.66. The van der Waals surface area contributed by atoms with Crippen molar-refractivity contribution in [2.24, 2.45) is 5.73 Å². The summed E-state index contributed by atoms with van der Waals surface area (Å²) in [6, 6.07) is 10.8. The Morgan fingerprint density at radius 2 is 2.05 bits per heavy atom. The summed E-state index contributed by atoms with van der Waals surface area (Å²) in [4.78, 5) is 0. The number of hydrogen-bond donors (Lipinski definition) is 1. The molecule has 0 bridgehead atoms. The number of benzene rings is 2. The van der Waals surface area contributed by atoms with Gasteiger partial charge in [-0.2, -0.15) is 0 Å². The monoisotopic (exact) mass is 321 g/mol. The van der Waals surface area contributed by atoms with Gasteiger partial charge in [-0.3, -0.25) is 0 Å². The summed E-state index contributed by atoms with van der Waals surface area (Å²) in [6.07, 6.45) is 1.38. The minimum atomic E-state index is -0.295. The number of hydrogen-bond acceptors (Lipinski definition) is 2. The predicted octanol–water partition coefficient (Wildman–Crippen LogP) is 4.34. The minimum Gasteiger partial charge on any atom is -0.496 e. The quantitative estimate of drug-likeness (QED) is 0.859. The van der Waals surface area contributed by atoms with Crippen LogP contribution in [0.15, 0.2) is 36.4 Å². The molecule has 0 radical (unpaired) electrons. The van der Waals surface area contributed by atoms with Crippen LogP contribution in [-0.4, -0.2) is 13.7 Å². The SMILES string of the molecule is CCc1ccc(OC)c(C(CN)Cc2c(F)cccc2Cl)c1. The summed E-state index contributed by atoms with van der Waals surface area (Å²) >= 11 is 6.14. The Morgan fingerprint density at radius 3 is 2.64 bits per heavy atom. The molecular weight excluding hydrogens is 301 g/mol. The Labute approximate surface area is 136 Å². The zero-order valence-corrected chi connectivity index (χ0v) is 13.7. The lowest BCUT2D eigenvalue weighted by Crippen LogP contribution is -2.17. The highest BCUT2D eigenvalue weighted by Crippen LogP contribution is 2.32. The molecule has 0 saturated carbocycles. The zero-order chi connectivity index (χ0) is 16.1. The van der Waals surface area contributed by atoms with Crippen molar-refractivity contribution in [2.75, 3.05) is 13.7 Å². The average molecular weight is 322 g/mol. The molecule has 118 valence electrons. The van der Waals surface area contributed by atoms with E-state index >= 15 is 0 Å². The van der Waals surface area contributed by atoms with E-state index in [2.05, 4.69) is 13.0 Å². The molecular formula is C18H21ClFNO. The summed E-state index contributed by atoms with van der Waals surface area (Å²) in [7, 11) is 1.63. The molecule has 1 unspecified atom stereocenters. The van der Waals surface area contributed by atoms with Gasteiger partial charge in [0.2, 0.25) is 0 Å². The highest BCUT2D eigenvalue weighted by atomic mass is 35.5. The molecule has 0 heterocycles. The van der Waals surface area contributed by atoms with Crippen molar-refractivity contribution >= 4 is 11.6 Å². The van der Waals surface area contributed by atoms with Crippen molar-refractivity contribution in [1.29, 1.82) is 0 Å². The highest BCUT2D eigenvalue weighted by Gasteiger charge is 2.19. The van der Waals surface area contributed by atoms with Gasteiger partial charge in [0, 0.05) is 16.5 Å². The van der Waals surface area contributed by atoms with Gasteiger partial charge in [0.25, 0.3) is 0 Å². The zero-order valence-electron chi connectivity index (χ0n) is 12.9. The van der Waals surface area contributed by atoms with Crippen molar-refractivity contribution in [3.8, 4) is 5.75 Å². The van der Waals surface area contributed by atoms with Crippen LogP contribution >= 0.6 is 11.6 Å². The summed E-state index contributed by atoms with van der Waals surface area (Å²) < 4.78 is 19.5. The van der Waals surface area contributed by atoms with E-state index in [0.29, 0.717) is 23.6 Å². The van der Waals surface area contributed by atoms with Crippen molar-refractivity contribution in [3.05, 3.63) is 63.9 Å². The number of ether oxygens (including phenoxy) is 1. The normalized spacial score (nSPS) is 12.2. The maximum absolute atomic E-state index is 14.0. The third kappa shape index (κ3) is 3.60. The Balaban J connectivity index is 2.40. The molecule has 0 saturated heterocycles. The maximum Gasteiger partial charge on any atom is 0.127 e. The van der Waals surface area contributed by atoms with E-state index in [1.54, 1.807) is 19.2 Å². The van der Waals surface area contributed by atoms with Crippen LogP contribution in [0.25, 0.3) is 0 Å². The van der Waals surface area contributed by atoms with Gasteiger partial charge in [-0.25, -0.2) is 4.39 Å². The molecule has 1 atom stereocenters. The Hall–Kier alpha value is -1.58. The van der Waals surface area contributed by atoms with Gasteiger partial charge in [0.15, 0.2) is 0 Å². The molecule has 22 heavy (non-hydrogen) atoms. The molecule has 0 aliphatic heterocycles. The predicted molar refractivity (Wildman–Crippen MR) is 89.3 cm³/mol. The van der Waals surface area contributed by atoms with Crippen molar-refractivity contribution in [2.45, 2.75) is 25.7 Å². The van der Waals surface area contributed by atoms with E-state index in [-0.39, 0.29) is 11.7 Å². The smallest absolute Gasteiger partial charge is 0.127 e. The number of nitrogens with two attached hydrogens (primary N) is 1. The average Bonchev–Trinajstić information content (AvgIpc) is 2.54. The first-order chi connectivity index (χ1) is 10.6. The first kappa shape index (κ1) is 16.8. The fourth-order valence-corrected chi connectivity index (χ4v) is 2.86. The largest absolute Gasteiger partial charge is 0.496 e. The molecule has 0 aliphatic rings. The molecule has 2 N–H and O–H groups in total. The Kier molecular flexibility index (Phi) is 5.81. The number of halogens is 2. The van der Waals surface area contributed by atoms with Crippen LogP contribution in [0.4, 0.5) is 4.39 Å². The van der Waals surface area contributed by atoms with Crippen LogP contribution in [0.3, 0.4) is 0 Å². The van der Waals surface area contributed by atoms with Gasteiger partial charge in [-0.1, -0.05) is 36.7 Å². The molecule has 0 aromatic heterocycles. The third-order valence-electron chi connectivity index (χ3n) is 3.94. The number of methoxy groups -OCH3 is 1. The summed E-state index contributed by atoms with van der Waals surface area (Å²) in [5, 5.41) is 0.434. The van der Waals surface area contributed by atoms with Crippen LogP contribution in [0, 0.1) is 5.82 Å². The van der Waals surface area contributed by atoms with Gasteiger partial charge in [-0.05, 0) is 48.7 Å². The van der Waals surface area contributed by atoms with Crippen molar-refractivity contribution < 1.29 is 9.13 Å². The van der Waals surface area contributed by atoms with Gasteiger partial charge in [0.05, 0.1) is 7.11 Å². The second-order valence-corrected chi connectivity index (χ2v) is 5.67. The van der Waals surface area contributed by atoms with E-state index in [1.165, 1.54) is 11.6 Å². The molecule has 2 aromatic carbocycles. The minimum absolute atomic E-state index is 0.0455. The van der Waals surface area contributed by atoms with Crippen LogP contribution in [-0.2, 0) is 12.8 Å². The molecule has 2 aromatic rings. The molecule has 2 rings (SSSR count). The van der Waals surface area contributed by atoms with Crippen LogP contribution in [0.1, 0.15) is 29.5 Å². The number of aryl methyl sites for hydroxylation is 1. The molecule has 0 aliphatic carbocycles. The van der Waals surface area contributed by atoms with Gasteiger partial charge in [0.1, 0.15) is 11.6 Å². The van der Waals surface area contributed by atoms with Crippen LogP contribution in [0.5, 0.6) is 5.75 Å². The van der Waals surface area contributed by atoms with Crippen molar-refractivity contribution in [1.82, 2.24) is 0 Å². The van der Waals surface area contributed by atoms with Crippen molar-refractivity contribution in [3.63, 3.8) is 0 Å². The van der Waals surface area contributed by atoms with Crippen LogP contribution < -0.4 is 10.5 Å². The maximum atomic E-state index is 14.0. The lowest BCUT2D eigenvalue weighted by Gasteiger charge is -2.20. The first-order valence-corrected chi connectivity index (χ1v) is 7.78. The van der Waals surface area contributed by atoms with Gasteiger partial charge < -0.3 is 10.5 Å². The molecule has 4 heteroatoms. The van der Waals surface area contributed by atoms with E-state index < -0.39 is 0 Å². The molecule has 0 amide bonds. The van der Waals surface area contributed by atoms with E-state index in [0.717, 1.165) is 17.7 Å². The standard InChI is InChI=1S/C18H21ClFNO/c1-3-12-7-8-18(22-2)14(9-12)13(11-21)10-15-16(19)5-4-6-17(15)20/h4-9,13H,3,10-11,21H2,1-2H3. The number of rotatable bonds is 6. The molecule has 2 nitrogen and oxygen atoms in total. The van der Waals surface area contributed by atoms with Crippen LogP contribution in [0.2, 0.25) is 5.02 Å². The summed E-state index contributed by atoms with van der Waals surface area (Å²) in [5.74, 6) is 0.438. The van der Waals surface area contributed by atoms with E-state index in [1.807, 2.05) is 12.1 Å². The fourth-order valence-electron chi connectivity index (χ4n) is 2.62. The van der Waals surface area contributed by atoms with E-state index in [9.17, 15) is 4.39 Å². The molecule has 0 fully saturated rings. The third-order valence-corrected chi connectivity index (χ3v) is 4.29. The van der Waals surface area contributed by atoms with E-state index in [4.69, 9.17) is 22.1 Å². The highest BCUT2D eigenvalue weighted by molar-refractivity contribution is 6.31. The summed E-state index contributed by atoms with van der Waals surface area (Å²) in [6.45, 7) is 2.49. The topological polar surface area (TPSA) is 35.2 Å². The fraction of sp³-hybridized carbons (Fsp3) is 0.333. The second kappa shape index (κ2) is 7.61. The second-order valence-electron chi connectivity index (χ2n) is 5.27. The van der Waals surface area contributed by atoms with Gasteiger partial charge >= 0.3 is 0 Å². The lowest BCUT2D eigenvalue weighted by atomic mass is 9.89. The Bertz CT molecular complexity index is 625. The van der Waals surface area contributed by atoms with Gasteiger partial charge in [-0.15, -0.1) is 0 Å². The Morgan fingerprint density at radius 1 is 1.27 bits per heavy atom. The molecule has 0 spiro atoms. The lowest BCUT2D eigenvalue weighted by molar-refractivity contribution is 0.404. The first-order valence-electron chi connectivity index (χ1n) is 7.40.